The molecule has 1 fully saturated rings. The molecule has 4 nitrogen and oxygen atoms in total. The summed E-state index contributed by atoms with van der Waals surface area (Å²) < 4.78 is 3.39. The highest BCUT2D eigenvalue weighted by molar-refractivity contribution is 9.10. The molecule has 2 rings (SSSR count). The summed E-state index contributed by atoms with van der Waals surface area (Å²) in [6, 6.07) is 0.675. The second kappa shape index (κ2) is 8.30. The molecule has 5 heteroatoms. The number of hydrogen-bond acceptors (Lipinski definition) is 3. The van der Waals surface area contributed by atoms with Crippen LogP contribution in [0.5, 0.6) is 0 Å². The van der Waals surface area contributed by atoms with E-state index in [1.165, 1.54) is 41.7 Å². The summed E-state index contributed by atoms with van der Waals surface area (Å²) in [5, 5.41) is 8.29. The largest absolute Gasteiger partial charge is 0.315 e. The van der Waals surface area contributed by atoms with Crippen molar-refractivity contribution in [2.45, 2.75) is 65.6 Å². The zero-order chi connectivity index (χ0) is 15.2. The van der Waals surface area contributed by atoms with E-state index in [1.807, 2.05) is 0 Å². The van der Waals surface area contributed by atoms with E-state index < -0.39 is 0 Å². The Hall–Kier alpha value is -0.390. The Morgan fingerprint density at radius 2 is 2.14 bits per heavy atom. The van der Waals surface area contributed by atoms with Crippen LogP contribution in [0, 0.1) is 0 Å². The van der Waals surface area contributed by atoms with Crippen molar-refractivity contribution in [2.24, 2.45) is 0 Å². The van der Waals surface area contributed by atoms with Crippen molar-refractivity contribution >= 4 is 15.9 Å². The first kappa shape index (κ1) is 17.0. The molecule has 0 bridgehead atoms. The molecule has 0 aliphatic carbocycles. The summed E-state index contributed by atoms with van der Waals surface area (Å²) in [6.45, 7) is 12.0. The monoisotopic (exact) mass is 356 g/mol. The molecule has 1 aromatic heterocycles. The van der Waals surface area contributed by atoms with Gasteiger partial charge in [0.05, 0.1) is 15.9 Å². The molecule has 0 aromatic carbocycles. The fraction of sp³-hybridized carbons (Fsp3) is 0.812. The van der Waals surface area contributed by atoms with Gasteiger partial charge >= 0.3 is 0 Å². The van der Waals surface area contributed by atoms with Gasteiger partial charge in [0.1, 0.15) is 0 Å². The molecule has 21 heavy (non-hydrogen) atoms. The van der Waals surface area contributed by atoms with Gasteiger partial charge in [0.2, 0.25) is 0 Å². The van der Waals surface area contributed by atoms with Crippen LogP contribution in [0.25, 0.3) is 0 Å². The molecule has 0 saturated carbocycles. The lowest BCUT2D eigenvalue weighted by Crippen LogP contribution is -2.38. The van der Waals surface area contributed by atoms with Gasteiger partial charge in [-0.25, -0.2) is 0 Å². The van der Waals surface area contributed by atoms with Crippen LogP contribution in [-0.4, -0.2) is 40.4 Å². The van der Waals surface area contributed by atoms with Crippen LogP contribution in [0.1, 0.15) is 51.4 Å². The van der Waals surface area contributed by atoms with Gasteiger partial charge in [0, 0.05) is 25.7 Å². The van der Waals surface area contributed by atoms with E-state index in [9.17, 15) is 0 Å². The number of hydrogen-bond donors (Lipinski definition) is 1. The van der Waals surface area contributed by atoms with Gasteiger partial charge < -0.3 is 5.32 Å². The van der Waals surface area contributed by atoms with Crippen molar-refractivity contribution in [1.29, 1.82) is 0 Å². The Morgan fingerprint density at radius 3 is 2.81 bits per heavy atom. The van der Waals surface area contributed by atoms with Crippen LogP contribution >= 0.6 is 15.9 Å². The van der Waals surface area contributed by atoms with E-state index in [0.717, 1.165) is 32.6 Å². The maximum atomic E-state index is 4.72. The minimum absolute atomic E-state index is 0.675. The molecule has 1 N–H and O–H groups in total. The lowest BCUT2D eigenvalue weighted by atomic mass is 10.2. The highest BCUT2D eigenvalue weighted by Gasteiger charge is 2.26. The van der Waals surface area contributed by atoms with E-state index in [2.05, 4.69) is 51.6 Å². The van der Waals surface area contributed by atoms with Crippen LogP contribution in [-0.2, 0) is 19.5 Å². The summed E-state index contributed by atoms with van der Waals surface area (Å²) >= 11 is 3.77. The first-order valence-electron chi connectivity index (χ1n) is 8.40. The Bertz CT molecular complexity index is 444. The minimum atomic E-state index is 0.675. The summed E-state index contributed by atoms with van der Waals surface area (Å²) in [7, 11) is 0. The Balaban J connectivity index is 2.04. The lowest BCUT2D eigenvalue weighted by Gasteiger charge is -2.25. The Morgan fingerprint density at radius 1 is 1.33 bits per heavy atom. The van der Waals surface area contributed by atoms with E-state index in [1.54, 1.807) is 0 Å². The summed E-state index contributed by atoms with van der Waals surface area (Å²) in [4.78, 5) is 2.62. The summed E-state index contributed by atoms with van der Waals surface area (Å²) in [6.07, 6.45) is 4.83. The summed E-state index contributed by atoms with van der Waals surface area (Å²) in [5.74, 6) is 0. The number of likely N-dealkylation sites (tertiary alicyclic amines) is 1. The van der Waals surface area contributed by atoms with Crippen molar-refractivity contribution < 1.29 is 0 Å². The van der Waals surface area contributed by atoms with Crippen molar-refractivity contribution in [1.82, 2.24) is 20.0 Å². The molecular formula is C16H29BrN4. The van der Waals surface area contributed by atoms with Gasteiger partial charge in [-0.05, 0) is 61.6 Å². The molecule has 120 valence electrons. The fourth-order valence-electron chi connectivity index (χ4n) is 3.14. The quantitative estimate of drug-likeness (QED) is 0.726. The van der Waals surface area contributed by atoms with Crippen molar-refractivity contribution in [2.75, 3.05) is 19.6 Å². The molecule has 1 saturated heterocycles. The van der Waals surface area contributed by atoms with E-state index in [-0.39, 0.29) is 0 Å². The van der Waals surface area contributed by atoms with Crippen LogP contribution in [0.2, 0.25) is 0 Å². The van der Waals surface area contributed by atoms with E-state index >= 15 is 0 Å². The molecule has 0 spiro atoms. The predicted octanol–water partition coefficient (Wildman–Crippen LogP) is 3.19. The number of rotatable bonds is 8. The number of nitrogens with zero attached hydrogens (tertiary/aromatic N) is 3. The average Bonchev–Trinajstić information content (AvgIpc) is 3.05. The third-order valence-electron chi connectivity index (χ3n) is 4.35. The first-order chi connectivity index (χ1) is 10.2. The van der Waals surface area contributed by atoms with Crippen molar-refractivity contribution in [3.8, 4) is 0 Å². The van der Waals surface area contributed by atoms with Gasteiger partial charge in [-0.15, -0.1) is 0 Å². The van der Waals surface area contributed by atoms with Crippen LogP contribution in [0.3, 0.4) is 0 Å². The first-order valence-corrected chi connectivity index (χ1v) is 9.19. The molecule has 1 aliphatic heterocycles. The highest BCUT2D eigenvalue weighted by atomic mass is 79.9. The molecule has 1 aliphatic rings. The van der Waals surface area contributed by atoms with Gasteiger partial charge in [-0.3, -0.25) is 9.58 Å². The number of aryl methyl sites for hydroxylation is 2. The SMILES string of the molecule is CCCNCC1CCCN1Cc1c(Br)c(CC)nn1CC. The molecule has 1 atom stereocenters. The smallest absolute Gasteiger partial charge is 0.0767 e. The highest BCUT2D eigenvalue weighted by Crippen LogP contribution is 2.27. The second-order valence-electron chi connectivity index (χ2n) is 5.85. The fourth-order valence-corrected chi connectivity index (χ4v) is 3.83. The number of aromatic nitrogens is 2. The van der Waals surface area contributed by atoms with Gasteiger partial charge in [-0.1, -0.05) is 13.8 Å². The maximum Gasteiger partial charge on any atom is 0.0767 e. The zero-order valence-electron chi connectivity index (χ0n) is 13.7. The maximum absolute atomic E-state index is 4.72. The van der Waals surface area contributed by atoms with E-state index in [0.29, 0.717) is 6.04 Å². The standard InChI is InChI=1S/C16H29BrN4/c1-4-9-18-11-13-8-7-10-20(13)12-15-16(17)14(5-2)19-21(15)6-3/h13,18H,4-12H2,1-3H3. The summed E-state index contributed by atoms with van der Waals surface area (Å²) in [5.41, 5.74) is 2.53. The van der Waals surface area contributed by atoms with Gasteiger partial charge in [0.15, 0.2) is 0 Å². The zero-order valence-corrected chi connectivity index (χ0v) is 15.2. The van der Waals surface area contributed by atoms with Gasteiger partial charge in [0.25, 0.3) is 0 Å². The predicted molar refractivity (Wildman–Crippen MR) is 91.6 cm³/mol. The third kappa shape index (κ3) is 4.08. The van der Waals surface area contributed by atoms with E-state index in [4.69, 9.17) is 5.10 Å². The second-order valence-corrected chi connectivity index (χ2v) is 6.64. The Kier molecular flexibility index (Phi) is 6.71. The minimum Gasteiger partial charge on any atom is -0.315 e. The van der Waals surface area contributed by atoms with Crippen LogP contribution < -0.4 is 5.32 Å². The number of halogens is 1. The Labute approximate surface area is 137 Å². The molecule has 2 heterocycles. The van der Waals surface area contributed by atoms with Crippen molar-refractivity contribution in [3.63, 3.8) is 0 Å². The molecule has 1 aromatic rings. The van der Waals surface area contributed by atoms with Crippen molar-refractivity contribution in [3.05, 3.63) is 15.9 Å². The molecule has 1 unspecified atom stereocenters. The third-order valence-corrected chi connectivity index (χ3v) is 5.27. The number of nitrogens with one attached hydrogen (secondary N) is 1. The normalized spacial score (nSPS) is 19.5. The van der Waals surface area contributed by atoms with Gasteiger partial charge in [-0.2, -0.15) is 5.10 Å². The van der Waals surface area contributed by atoms with Crippen LogP contribution in [0.4, 0.5) is 0 Å². The molecule has 0 amide bonds. The average molecular weight is 357 g/mol. The van der Waals surface area contributed by atoms with Crippen LogP contribution in [0.15, 0.2) is 4.47 Å². The topological polar surface area (TPSA) is 33.1 Å². The molecule has 0 radical (unpaired) electrons. The lowest BCUT2D eigenvalue weighted by molar-refractivity contribution is 0.232. The molecular weight excluding hydrogens is 328 g/mol.